The van der Waals surface area contributed by atoms with Crippen molar-refractivity contribution in [2.24, 2.45) is 0 Å². The molecule has 0 aliphatic heterocycles. The molecule has 0 spiro atoms. The van der Waals surface area contributed by atoms with Crippen LogP contribution in [0, 0.1) is 0 Å². The first-order valence-electron chi connectivity index (χ1n) is 8.92. The molecule has 6 nitrogen and oxygen atoms in total. The van der Waals surface area contributed by atoms with Crippen molar-refractivity contribution >= 4 is 32.5 Å². The minimum atomic E-state index is -3.01. The molecule has 1 aromatic heterocycles. The predicted octanol–water partition coefficient (Wildman–Crippen LogP) is 4.22. The van der Waals surface area contributed by atoms with Crippen LogP contribution >= 0.6 is 11.6 Å². The van der Waals surface area contributed by atoms with Crippen LogP contribution in [0.15, 0.2) is 18.2 Å². The van der Waals surface area contributed by atoms with E-state index in [1.54, 1.807) is 12.1 Å². The van der Waals surface area contributed by atoms with Crippen molar-refractivity contribution in [1.29, 1.82) is 0 Å². The van der Waals surface area contributed by atoms with E-state index in [1.165, 1.54) is 6.26 Å². The Morgan fingerprint density at radius 2 is 1.81 bits per heavy atom. The largest absolute Gasteiger partial charge is 0.346 e. The van der Waals surface area contributed by atoms with Gasteiger partial charge in [-0.05, 0) is 38.5 Å². The van der Waals surface area contributed by atoms with Crippen LogP contribution in [-0.2, 0) is 25.9 Å². The molecule has 0 amide bonds. The quantitative estimate of drug-likeness (QED) is 0.585. The number of ether oxygens (including phenoxy) is 2. The van der Waals surface area contributed by atoms with Crippen molar-refractivity contribution < 1.29 is 17.9 Å². The molecule has 1 heterocycles. The predicted molar refractivity (Wildman–Crippen MR) is 106 cm³/mol. The summed E-state index contributed by atoms with van der Waals surface area (Å²) in [5.41, 5.74) is 1.62. The molecule has 0 N–H and O–H groups in total. The summed E-state index contributed by atoms with van der Waals surface area (Å²) in [6.07, 6.45) is 1.14. The van der Waals surface area contributed by atoms with Crippen LogP contribution < -0.4 is 0 Å². The monoisotopic (exact) mass is 404 g/mol. The van der Waals surface area contributed by atoms with Crippen LogP contribution in [0.3, 0.4) is 0 Å². The number of halogens is 1. The Bertz CT molecular complexity index is 784. The van der Waals surface area contributed by atoms with Gasteiger partial charge in [0.25, 0.3) is 0 Å². The second kappa shape index (κ2) is 10.9. The van der Waals surface area contributed by atoms with E-state index in [1.807, 2.05) is 38.3 Å². The normalized spacial score (nSPS) is 11.7. The molecule has 148 valence electrons. The van der Waals surface area contributed by atoms with Crippen LogP contribution in [-0.4, -0.2) is 43.2 Å². The van der Waals surface area contributed by atoms with Gasteiger partial charge in [0.15, 0.2) is 5.82 Å². The summed E-state index contributed by atoms with van der Waals surface area (Å²) in [4.78, 5) is 4.61. The van der Waals surface area contributed by atoms with Gasteiger partial charge >= 0.3 is 0 Å². The molecule has 26 heavy (non-hydrogen) atoms. The molecule has 0 fully saturated rings. The number of imidazole rings is 1. The Hall–Kier alpha value is -1.15. The standard InChI is InChI=1S/C16H23ClN2O4S.C2H6/c1-4-22-16(23-5-2)15-18-13-11-12(17)7-8-14(13)19(15)9-6-10-24(3,20)21;1-2/h7-8,11,16H,4-6,9-10H2,1-3H3;1-2H3. The van der Waals surface area contributed by atoms with E-state index in [0.29, 0.717) is 37.0 Å². The molecule has 0 saturated carbocycles. The van der Waals surface area contributed by atoms with Gasteiger partial charge in [0.2, 0.25) is 6.29 Å². The topological polar surface area (TPSA) is 70.4 Å². The SMILES string of the molecule is CC.CCOC(OCC)c1nc2cc(Cl)ccc2n1CCCS(C)(=O)=O. The van der Waals surface area contributed by atoms with E-state index in [-0.39, 0.29) is 5.75 Å². The van der Waals surface area contributed by atoms with Crippen LogP contribution in [0.4, 0.5) is 0 Å². The molecule has 0 bridgehead atoms. The van der Waals surface area contributed by atoms with Crippen molar-refractivity contribution in [3.63, 3.8) is 0 Å². The van der Waals surface area contributed by atoms with Crippen molar-refractivity contribution in [2.75, 3.05) is 25.2 Å². The highest BCUT2D eigenvalue weighted by Gasteiger charge is 2.21. The molecule has 0 saturated heterocycles. The van der Waals surface area contributed by atoms with Crippen molar-refractivity contribution in [3.05, 3.63) is 29.0 Å². The Balaban J connectivity index is 0.00000163. The number of nitrogens with zero attached hydrogens (tertiary/aromatic N) is 2. The molecule has 0 radical (unpaired) electrons. The summed E-state index contributed by atoms with van der Waals surface area (Å²) in [5, 5.41) is 0.596. The third-order valence-corrected chi connectivity index (χ3v) is 4.75. The smallest absolute Gasteiger partial charge is 0.217 e. The number of aromatic nitrogens is 2. The summed E-state index contributed by atoms with van der Waals surface area (Å²) in [7, 11) is -3.01. The van der Waals surface area contributed by atoms with Crippen molar-refractivity contribution in [2.45, 2.75) is 47.0 Å². The minimum Gasteiger partial charge on any atom is -0.346 e. The molecular weight excluding hydrogens is 376 g/mol. The van der Waals surface area contributed by atoms with Crippen LogP contribution in [0.2, 0.25) is 5.02 Å². The Morgan fingerprint density at radius 1 is 1.19 bits per heavy atom. The zero-order chi connectivity index (χ0) is 19.7. The molecule has 0 unspecified atom stereocenters. The van der Waals surface area contributed by atoms with Crippen LogP contribution in [0.1, 0.15) is 46.2 Å². The number of hydrogen-bond acceptors (Lipinski definition) is 5. The number of aryl methyl sites for hydroxylation is 1. The van der Waals surface area contributed by atoms with Crippen LogP contribution in [0.5, 0.6) is 0 Å². The first kappa shape index (κ1) is 22.9. The minimum absolute atomic E-state index is 0.119. The summed E-state index contributed by atoms with van der Waals surface area (Å²) in [6.45, 7) is 9.26. The van der Waals surface area contributed by atoms with Gasteiger partial charge in [-0.25, -0.2) is 13.4 Å². The summed E-state index contributed by atoms with van der Waals surface area (Å²) < 4.78 is 36.1. The maximum absolute atomic E-state index is 11.4. The summed E-state index contributed by atoms with van der Waals surface area (Å²) >= 11 is 6.06. The highest BCUT2D eigenvalue weighted by molar-refractivity contribution is 7.90. The van der Waals surface area contributed by atoms with Gasteiger partial charge in [0, 0.05) is 31.0 Å². The Labute approximate surface area is 161 Å². The van der Waals surface area contributed by atoms with Gasteiger partial charge < -0.3 is 14.0 Å². The lowest BCUT2D eigenvalue weighted by atomic mass is 10.3. The molecule has 8 heteroatoms. The second-order valence-electron chi connectivity index (χ2n) is 5.48. The Morgan fingerprint density at radius 3 is 2.35 bits per heavy atom. The van der Waals surface area contributed by atoms with Gasteiger partial charge in [0.05, 0.1) is 16.8 Å². The lowest BCUT2D eigenvalue weighted by molar-refractivity contribution is -0.146. The molecule has 2 rings (SSSR count). The Kier molecular flexibility index (Phi) is 9.57. The zero-order valence-electron chi connectivity index (χ0n) is 16.2. The second-order valence-corrected chi connectivity index (χ2v) is 8.18. The lowest BCUT2D eigenvalue weighted by Gasteiger charge is -2.18. The summed E-state index contributed by atoms with van der Waals surface area (Å²) in [5.74, 6) is 0.748. The van der Waals surface area contributed by atoms with Crippen molar-refractivity contribution in [3.8, 4) is 0 Å². The maximum Gasteiger partial charge on any atom is 0.217 e. The van der Waals surface area contributed by atoms with E-state index in [0.717, 1.165) is 11.0 Å². The number of benzene rings is 1. The van der Waals surface area contributed by atoms with Gasteiger partial charge in [0.1, 0.15) is 9.84 Å². The average molecular weight is 405 g/mol. The maximum atomic E-state index is 11.4. The van der Waals surface area contributed by atoms with E-state index < -0.39 is 16.1 Å². The average Bonchev–Trinajstić information content (AvgIpc) is 2.93. The van der Waals surface area contributed by atoms with E-state index in [4.69, 9.17) is 21.1 Å². The van der Waals surface area contributed by atoms with E-state index >= 15 is 0 Å². The highest BCUT2D eigenvalue weighted by Crippen LogP contribution is 2.26. The lowest BCUT2D eigenvalue weighted by Crippen LogP contribution is -2.16. The van der Waals surface area contributed by atoms with E-state index in [9.17, 15) is 8.42 Å². The van der Waals surface area contributed by atoms with Crippen LogP contribution in [0.25, 0.3) is 11.0 Å². The zero-order valence-corrected chi connectivity index (χ0v) is 17.7. The highest BCUT2D eigenvalue weighted by atomic mass is 35.5. The first-order chi connectivity index (χ1) is 12.4. The summed E-state index contributed by atoms with van der Waals surface area (Å²) in [6, 6.07) is 5.45. The van der Waals surface area contributed by atoms with Gasteiger partial charge in [-0.2, -0.15) is 0 Å². The molecule has 0 aliphatic carbocycles. The first-order valence-corrected chi connectivity index (χ1v) is 11.4. The third-order valence-electron chi connectivity index (χ3n) is 3.48. The fraction of sp³-hybridized carbons (Fsp3) is 0.611. The molecular formula is C18H29ClN2O4S. The van der Waals surface area contributed by atoms with Gasteiger partial charge in [-0.1, -0.05) is 25.4 Å². The van der Waals surface area contributed by atoms with Gasteiger partial charge in [-0.15, -0.1) is 0 Å². The number of hydrogen-bond donors (Lipinski definition) is 0. The molecule has 2 aromatic rings. The number of sulfone groups is 1. The fourth-order valence-corrected chi connectivity index (χ4v) is 3.34. The number of fused-ring (bicyclic) bond motifs is 1. The fourth-order valence-electron chi connectivity index (χ4n) is 2.52. The third kappa shape index (κ3) is 6.54. The molecule has 1 aromatic carbocycles. The van der Waals surface area contributed by atoms with Crippen molar-refractivity contribution in [1.82, 2.24) is 9.55 Å². The van der Waals surface area contributed by atoms with E-state index in [2.05, 4.69) is 4.98 Å². The number of rotatable bonds is 9. The van der Waals surface area contributed by atoms with Gasteiger partial charge in [-0.3, -0.25) is 0 Å². The molecule has 0 aliphatic rings. The molecule has 0 atom stereocenters.